The second-order valence-electron chi connectivity index (χ2n) is 5.87. The van der Waals surface area contributed by atoms with Crippen molar-refractivity contribution in [2.75, 3.05) is 14.2 Å². The first kappa shape index (κ1) is 30.0. The van der Waals surface area contributed by atoms with Crippen LogP contribution in [0.15, 0.2) is 46.4 Å². The Morgan fingerprint density at radius 2 is 1.12 bits per heavy atom. The van der Waals surface area contributed by atoms with Gasteiger partial charge in [0.2, 0.25) is 0 Å². The van der Waals surface area contributed by atoms with E-state index < -0.39 is 10.4 Å². The molecule has 12 nitrogen and oxygen atoms in total. The zero-order chi connectivity index (χ0) is 25.6. The molecule has 0 aliphatic rings. The molecule has 0 spiro atoms. The summed E-state index contributed by atoms with van der Waals surface area (Å²) in [6.45, 7) is 0.845. The quantitative estimate of drug-likeness (QED) is 0.181. The number of benzene rings is 2. The van der Waals surface area contributed by atoms with Crippen LogP contribution in [0, 0.1) is 0 Å². The third-order valence-corrected chi connectivity index (χ3v) is 3.91. The van der Waals surface area contributed by atoms with Crippen LogP contribution in [0.3, 0.4) is 0 Å². The molecule has 0 saturated carbocycles. The summed E-state index contributed by atoms with van der Waals surface area (Å²) in [5, 5.41) is 1.10. The minimum atomic E-state index is -4.67. The predicted molar refractivity (Wildman–Crippen MR) is 129 cm³/mol. The summed E-state index contributed by atoms with van der Waals surface area (Å²) >= 11 is 11.8. The van der Waals surface area contributed by atoms with Crippen LogP contribution >= 0.6 is 23.2 Å². The summed E-state index contributed by atoms with van der Waals surface area (Å²) in [4.78, 5) is 7.73. The van der Waals surface area contributed by atoms with E-state index in [4.69, 9.17) is 73.1 Å². The fourth-order valence-corrected chi connectivity index (χ4v) is 2.54. The van der Waals surface area contributed by atoms with Gasteiger partial charge in [-0.3, -0.25) is 9.11 Å². The van der Waals surface area contributed by atoms with Gasteiger partial charge in [-0.15, -0.1) is 0 Å². The Morgan fingerprint density at radius 3 is 1.33 bits per heavy atom. The summed E-state index contributed by atoms with van der Waals surface area (Å²) in [6, 6.07) is 10.8. The monoisotopic (exact) mass is 524 g/mol. The maximum atomic E-state index is 8.74. The Labute approximate surface area is 201 Å². The molecule has 0 atom stereocenters. The van der Waals surface area contributed by atoms with E-state index in [9.17, 15) is 0 Å². The fraction of sp³-hybridized carbons (Fsp3) is 0.222. The summed E-state index contributed by atoms with van der Waals surface area (Å²) in [6.07, 6.45) is 0. The standard InChI is InChI=1S/2C9H12ClN3O.H2O4S/c2*1-14-8-3-2-6(4-7(8)10)5-13-9(11)12;1-5(2,3)4/h2*2-4H,5H2,1H3,(H4,11,12,13);(H2,1,2,3,4). The molecule has 0 bridgehead atoms. The number of hydrogen-bond donors (Lipinski definition) is 6. The normalized spacial score (nSPS) is 9.88. The first-order valence-corrected chi connectivity index (χ1v) is 10.9. The zero-order valence-electron chi connectivity index (χ0n) is 17.8. The number of aliphatic imine (C=N–C) groups is 2. The molecule has 0 amide bonds. The summed E-state index contributed by atoms with van der Waals surface area (Å²) in [5.74, 6) is 1.41. The van der Waals surface area contributed by atoms with Crippen LogP contribution in [0.25, 0.3) is 0 Å². The molecule has 0 unspecified atom stereocenters. The van der Waals surface area contributed by atoms with Crippen molar-refractivity contribution < 1.29 is 27.0 Å². The van der Waals surface area contributed by atoms with Crippen LogP contribution in [0.1, 0.15) is 11.1 Å². The molecule has 10 N–H and O–H groups in total. The molecule has 184 valence electrons. The lowest BCUT2D eigenvalue weighted by atomic mass is 10.2. The van der Waals surface area contributed by atoms with Crippen LogP contribution in [0.2, 0.25) is 10.0 Å². The van der Waals surface area contributed by atoms with Crippen LogP contribution in [0.4, 0.5) is 0 Å². The maximum absolute atomic E-state index is 8.74. The van der Waals surface area contributed by atoms with E-state index in [0.29, 0.717) is 34.6 Å². The second-order valence-corrected chi connectivity index (χ2v) is 7.58. The van der Waals surface area contributed by atoms with Crippen molar-refractivity contribution in [3.05, 3.63) is 57.6 Å². The lowest BCUT2D eigenvalue weighted by molar-refractivity contribution is 0.381. The molecule has 0 aliphatic heterocycles. The van der Waals surface area contributed by atoms with Crippen molar-refractivity contribution in [2.45, 2.75) is 13.1 Å². The van der Waals surface area contributed by atoms with E-state index in [-0.39, 0.29) is 11.9 Å². The highest BCUT2D eigenvalue weighted by atomic mass is 35.5. The van der Waals surface area contributed by atoms with E-state index in [1.807, 2.05) is 12.1 Å². The first-order valence-electron chi connectivity index (χ1n) is 8.72. The van der Waals surface area contributed by atoms with Crippen molar-refractivity contribution in [2.24, 2.45) is 32.9 Å². The van der Waals surface area contributed by atoms with Crippen LogP contribution < -0.4 is 32.4 Å². The van der Waals surface area contributed by atoms with E-state index in [1.54, 1.807) is 38.5 Å². The Hall–Kier alpha value is -2.97. The highest BCUT2D eigenvalue weighted by Crippen LogP contribution is 2.25. The van der Waals surface area contributed by atoms with E-state index in [1.165, 1.54) is 0 Å². The van der Waals surface area contributed by atoms with Gasteiger partial charge in [-0.1, -0.05) is 35.3 Å². The van der Waals surface area contributed by atoms with Gasteiger partial charge in [0.15, 0.2) is 11.9 Å². The molecule has 0 saturated heterocycles. The molecule has 33 heavy (non-hydrogen) atoms. The number of rotatable bonds is 6. The van der Waals surface area contributed by atoms with Gasteiger partial charge < -0.3 is 32.4 Å². The number of methoxy groups -OCH3 is 2. The maximum Gasteiger partial charge on any atom is 0.394 e. The highest BCUT2D eigenvalue weighted by molar-refractivity contribution is 7.79. The lowest BCUT2D eigenvalue weighted by Crippen LogP contribution is -2.22. The molecule has 0 aliphatic carbocycles. The van der Waals surface area contributed by atoms with Gasteiger partial charge in [0.25, 0.3) is 0 Å². The van der Waals surface area contributed by atoms with Crippen molar-refractivity contribution in [3.63, 3.8) is 0 Å². The number of nitrogens with two attached hydrogens (primary N) is 4. The molecule has 0 heterocycles. The van der Waals surface area contributed by atoms with Gasteiger partial charge in [0, 0.05) is 0 Å². The average molecular weight is 525 g/mol. The molecular weight excluding hydrogens is 499 g/mol. The Kier molecular flexibility index (Phi) is 13.6. The van der Waals surface area contributed by atoms with Gasteiger partial charge in [0.1, 0.15) is 11.5 Å². The number of guanidine groups is 2. The third-order valence-electron chi connectivity index (χ3n) is 3.32. The summed E-state index contributed by atoms with van der Waals surface area (Å²) in [5.41, 5.74) is 22.7. The summed E-state index contributed by atoms with van der Waals surface area (Å²) in [7, 11) is -1.53. The van der Waals surface area contributed by atoms with Gasteiger partial charge >= 0.3 is 10.4 Å². The third kappa shape index (κ3) is 15.5. The minimum Gasteiger partial charge on any atom is -0.495 e. The second kappa shape index (κ2) is 15.0. The average Bonchev–Trinajstić information content (AvgIpc) is 2.70. The van der Waals surface area contributed by atoms with E-state index in [0.717, 1.165) is 11.1 Å². The molecule has 2 aromatic rings. The van der Waals surface area contributed by atoms with Gasteiger partial charge in [-0.25, -0.2) is 9.98 Å². The fourth-order valence-electron chi connectivity index (χ4n) is 1.98. The lowest BCUT2D eigenvalue weighted by Gasteiger charge is -2.04. The van der Waals surface area contributed by atoms with E-state index in [2.05, 4.69) is 9.98 Å². The van der Waals surface area contributed by atoms with Crippen molar-refractivity contribution in [1.29, 1.82) is 0 Å². The number of ether oxygens (including phenoxy) is 2. The van der Waals surface area contributed by atoms with Crippen molar-refractivity contribution >= 4 is 45.5 Å². The molecule has 0 aromatic heterocycles. The van der Waals surface area contributed by atoms with Gasteiger partial charge in [-0.05, 0) is 35.4 Å². The van der Waals surface area contributed by atoms with Gasteiger partial charge in [0.05, 0.1) is 37.4 Å². The minimum absolute atomic E-state index is 0.0666. The largest absolute Gasteiger partial charge is 0.495 e. The molecule has 2 aromatic carbocycles. The molecule has 0 fully saturated rings. The van der Waals surface area contributed by atoms with Crippen LogP contribution in [-0.2, 0) is 23.5 Å². The molecule has 2 rings (SSSR count). The summed E-state index contributed by atoms with van der Waals surface area (Å²) < 4.78 is 41.6. The number of hydrogen-bond acceptors (Lipinski definition) is 6. The zero-order valence-corrected chi connectivity index (χ0v) is 20.1. The smallest absolute Gasteiger partial charge is 0.394 e. The van der Waals surface area contributed by atoms with Crippen LogP contribution in [0.5, 0.6) is 11.5 Å². The van der Waals surface area contributed by atoms with Gasteiger partial charge in [-0.2, -0.15) is 8.42 Å². The predicted octanol–water partition coefficient (Wildman–Crippen LogP) is 1.59. The molecule has 0 radical (unpaired) electrons. The Balaban J connectivity index is 0.000000517. The van der Waals surface area contributed by atoms with Crippen molar-refractivity contribution in [1.82, 2.24) is 0 Å². The van der Waals surface area contributed by atoms with Crippen molar-refractivity contribution in [3.8, 4) is 11.5 Å². The number of nitrogens with zero attached hydrogens (tertiary/aromatic N) is 2. The Morgan fingerprint density at radius 1 is 0.818 bits per heavy atom. The van der Waals surface area contributed by atoms with E-state index >= 15 is 0 Å². The first-order chi connectivity index (χ1) is 15.3. The topological polar surface area (TPSA) is 222 Å². The highest BCUT2D eigenvalue weighted by Gasteiger charge is 2.01. The SMILES string of the molecule is COc1ccc(CN=C(N)N)cc1Cl.COc1ccc(CN=C(N)N)cc1Cl.O=S(=O)(O)O. The molecular formula is C18H26Cl2N6O6S. The molecule has 15 heteroatoms. The number of halogens is 2. The van der Waals surface area contributed by atoms with Crippen LogP contribution in [-0.4, -0.2) is 43.7 Å². The Bertz CT molecular complexity index is 981.